The number of carbonyl (C=O) groups excluding carboxylic acids is 2. The molecule has 0 aliphatic heterocycles. The highest BCUT2D eigenvalue weighted by molar-refractivity contribution is 9.10. The first-order valence-electron chi connectivity index (χ1n) is 13.0. The summed E-state index contributed by atoms with van der Waals surface area (Å²) in [6.45, 7) is 0.399. The van der Waals surface area contributed by atoms with Gasteiger partial charge in [-0.3, -0.25) is 9.59 Å². The molecule has 188 valence electrons. The third kappa shape index (κ3) is 7.79. The molecule has 4 rings (SSSR count). The van der Waals surface area contributed by atoms with Crippen LogP contribution in [0.1, 0.15) is 55.2 Å². The van der Waals surface area contributed by atoms with Crippen LogP contribution in [0.4, 0.5) is 0 Å². The quantitative estimate of drug-likeness (QED) is 0.316. The Labute approximate surface area is 223 Å². The predicted molar refractivity (Wildman–Crippen MR) is 148 cm³/mol. The minimum atomic E-state index is -0.568. The van der Waals surface area contributed by atoms with Crippen LogP contribution >= 0.6 is 15.9 Å². The van der Waals surface area contributed by atoms with E-state index in [1.54, 1.807) is 4.90 Å². The van der Waals surface area contributed by atoms with Crippen LogP contribution in [-0.4, -0.2) is 28.8 Å². The molecule has 0 radical (unpaired) electrons. The zero-order chi connectivity index (χ0) is 25.2. The van der Waals surface area contributed by atoms with Crippen LogP contribution in [0.25, 0.3) is 0 Å². The third-order valence-corrected chi connectivity index (χ3v) is 7.49. The lowest BCUT2D eigenvalue weighted by Gasteiger charge is -2.33. The summed E-state index contributed by atoms with van der Waals surface area (Å²) >= 11 is 3.50. The second kappa shape index (κ2) is 13.4. The van der Waals surface area contributed by atoms with Crippen LogP contribution in [0.5, 0.6) is 0 Å². The maximum Gasteiger partial charge on any atom is 0.243 e. The Morgan fingerprint density at radius 2 is 1.42 bits per heavy atom. The molecule has 1 fully saturated rings. The molecule has 4 nitrogen and oxygen atoms in total. The fourth-order valence-corrected chi connectivity index (χ4v) is 5.19. The van der Waals surface area contributed by atoms with Crippen molar-refractivity contribution >= 4 is 27.7 Å². The molecule has 1 saturated carbocycles. The van der Waals surface area contributed by atoms with E-state index >= 15 is 0 Å². The van der Waals surface area contributed by atoms with Crippen LogP contribution in [0, 0.1) is 0 Å². The van der Waals surface area contributed by atoms with Crippen molar-refractivity contribution in [3.63, 3.8) is 0 Å². The molecule has 2 amide bonds. The highest BCUT2D eigenvalue weighted by Gasteiger charge is 2.31. The topological polar surface area (TPSA) is 49.4 Å². The molecule has 0 bridgehead atoms. The number of rotatable bonds is 10. The Kier molecular flexibility index (Phi) is 9.74. The van der Waals surface area contributed by atoms with Crippen LogP contribution in [0.2, 0.25) is 0 Å². The average Bonchev–Trinajstić information content (AvgIpc) is 2.92. The van der Waals surface area contributed by atoms with E-state index in [1.807, 2.05) is 84.9 Å². The van der Waals surface area contributed by atoms with Gasteiger partial charge in [-0.1, -0.05) is 108 Å². The second-order valence-corrected chi connectivity index (χ2v) is 10.6. The summed E-state index contributed by atoms with van der Waals surface area (Å²) in [6.07, 6.45) is 7.05. The molecule has 0 saturated heterocycles. The Bertz CT molecular complexity index is 1100. The van der Waals surface area contributed by atoms with Gasteiger partial charge < -0.3 is 10.2 Å². The highest BCUT2D eigenvalue weighted by Crippen LogP contribution is 2.21. The van der Waals surface area contributed by atoms with E-state index in [1.165, 1.54) is 6.42 Å². The number of benzene rings is 3. The van der Waals surface area contributed by atoms with Crippen molar-refractivity contribution in [2.45, 2.75) is 70.0 Å². The van der Waals surface area contributed by atoms with Gasteiger partial charge in [-0.25, -0.2) is 0 Å². The minimum absolute atomic E-state index is 0.00139. The molecule has 0 aromatic heterocycles. The molecule has 5 heteroatoms. The van der Waals surface area contributed by atoms with Crippen molar-refractivity contribution in [1.82, 2.24) is 10.2 Å². The van der Waals surface area contributed by atoms with E-state index in [2.05, 4.69) is 21.2 Å². The fraction of sp³-hybridized carbons (Fsp3) is 0.355. The summed E-state index contributed by atoms with van der Waals surface area (Å²) in [7, 11) is 0. The molecular weight excluding hydrogens is 512 g/mol. The zero-order valence-corrected chi connectivity index (χ0v) is 22.3. The number of hydrogen-bond donors (Lipinski definition) is 1. The van der Waals surface area contributed by atoms with E-state index in [9.17, 15) is 9.59 Å². The fourth-order valence-electron chi connectivity index (χ4n) is 4.92. The lowest BCUT2D eigenvalue weighted by Crippen LogP contribution is -2.52. The van der Waals surface area contributed by atoms with Crippen molar-refractivity contribution in [3.05, 3.63) is 106 Å². The van der Waals surface area contributed by atoms with Crippen LogP contribution in [0.15, 0.2) is 89.4 Å². The molecule has 3 aromatic rings. The lowest BCUT2D eigenvalue weighted by atomic mass is 9.94. The number of aryl methyl sites for hydroxylation is 1. The molecule has 36 heavy (non-hydrogen) atoms. The van der Waals surface area contributed by atoms with Gasteiger partial charge >= 0.3 is 0 Å². The average molecular weight is 548 g/mol. The Balaban J connectivity index is 1.60. The molecule has 1 aliphatic rings. The predicted octanol–water partition coefficient (Wildman–Crippen LogP) is 6.47. The van der Waals surface area contributed by atoms with Crippen molar-refractivity contribution in [1.29, 1.82) is 0 Å². The number of nitrogens with one attached hydrogen (secondary N) is 1. The van der Waals surface area contributed by atoms with E-state index in [4.69, 9.17) is 0 Å². The summed E-state index contributed by atoms with van der Waals surface area (Å²) in [5.41, 5.74) is 3.19. The first kappa shape index (κ1) is 26.2. The van der Waals surface area contributed by atoms with E-state index in [0.29, 0.717) is 25.8 Å². The van der Waals surface area contributed by atoms with Gasteiger partial charge in [0.15, 0.2) is 0 Å². The summed E-state index contributed by atoms with van der Waals surface area (Å²) in [4.78, 5) is 29.3. The number of carbonyl (C=O) groups is 2. The molecule has 1 aliphatic carbocycles. The van der Waals surface area contributed by atoms with Gasteiger partial charge in [0.05, 0.1) is 0 Å². The molecule has 1 atom stereocenters. The third-order valence-electron chi connectivity index (χ3n) is 6.96. The first-order valence-corrected chi connectivity index (χ1v) is 13.8. The SMILES string of the molecule is O=C(NC1CCCCC1)[C@@H](Cc1ccccc1)N(Cc1ccc(Br)cc1)C(=O)CCc1ccccc1. The molecular formula is C31H35BrN2O2. The van der Waals surface area contributed by atoms with Gasteiger partial charge in [-0.05, 0) is 48.1 Å². The Morgan fingerprint density at radius 1 is 0.806 bits per heavy atom. The smallest absolute Gasteiger partial charge is 0.243 e. The number of hydrogen-bond acceptors (Lipinski definition) is 2. The summed E-state index contributed by atoms with van der Waals surface area (Å²) < 4.78 is 0.990. The van der Waals surface area contributed by atoms with Crippen molar-refractivity contribution in [3.8, 4) is 0 Å². The van der Waals surface area contributed by atoms with Gasteiger partial charge in [-0.2, -0.15) is 0 Å². The highest BCUT2D eigenvalue weighted by atomic mass is 79.9. The van der Waals surface area contributed by atoms with Crippen molar-refractivity contribution < 1.29 is 9.59 Å². The standard InChI is InChI=1S/C31H35BrN2O2/c32-27-19-16-26(17-20-27)23-34(30(35)21-18-24-10-4-1-5-11-24)29(22-25-12-6-2-7-13-25)31(36)33-28-14-8-3-9-15-28/h1-2,4-7,10-13,16-17,19-20,28-29H,3,8-9,14-15,18,21-23H2,(H,33,36)/t29-/m1/s1. The van der Waals surface area contributed by atoms with Crippen LogP contribution < -0.4 is 5.32 Å². The van der Waals surface area contributed by atoms with Crippen LogP contribution in [-0.2, 0) is 29.0 Å². The van der Waals surface area contributed by atoms with E-state index in [0.717, 1.165) is 46.8 Å². The normalized spacial score (nSPS) is 14.7. The number of halogens is 1. The Hall–Kier alpha value is -2.92. The molecule has 0 spiro atoms. The van der Waals surface area contributed by atoms with Crippen molar-refractivity contribution in [2.24, 2.45) is 0 Å². The molecule has 3 aromatic carbocycles. The van der Waals surface area contributed by atoms with Gasteiger partial charge in [0, 0.05) is 29.9 Å². The maximum atomic E-state index is 13.8. The molecule has 0 unspecified atom stereocenters. The Morgan fingerprint density at radius 3 is 2.06 bits per heavy atom. The first-order chi connectivity index (χ1) is 17.6. The van der Waals surface area contributed by atoms with Crippen molar-refractivity contribution in [2.75, 3.05) is 0 Å². The minimum Gasteiger partial charge on any atom is -0.352 e. The number of nitrogens with zero attached hydrogens (tertiary/aromatic N) is 1. The van der Waals surface area contributed by atoms with E-state index in [-0.39, 0.29) is 17.9 Å². The lowest BCUT2D eigenvalue weighted by molar-refractivity contribution is -0.141. The van der Waals surface area contributed by atoms with Gasteiger partial charge in [0.1, 0.15) is 6.04 Å². The van der Waals surface area contributed by atoms with Gasteiger partial charge in [0.2, 0.25) is 11.8 Å². The monoisotopic (exact) mass is 546 g/mol. The number of amides is 2. The van der Waals surface area contributed by atoms with Gasteiger partial charge in [0.25, 0.3) is 0 Å². The maximum absolute atomic E-state index is 13.8. The summed E-state index contributed by atoms with van der Waals surface area (Å²) in [6, 6.07) is 27.7. The summed E-state index contributed by atoms with van der Waals surface area (Å²) in [5.74, 6) is -0.0441. The molecule has 0 heterocycles. The zero-order valence-electron chi connectivity index (χ0n) is 20.7. The van der Waals surface area contributed by atoms with E-state index < -0.39 is 6.04 Å². The second-order valence-electron chi connectivity index (χ2n) is 9.68. The largest absolute Gasteiger partial charge is 0.352 e. The molecule has 1 N–H and O–H groups in total. The van der Waals surface area contributed by atoms with Gasteiger partial charge in [-0.15, -0.1) is 0 Å². The van der Waals surface area contributed by atoms with Crippen LogP contribution in [0.3, 0.4) is 0 Å². The summed E-state index contributed by atoms with van der Waals surface area (Å²) in [5, 5.41) is 3.30.